The summed E-state index contributed by atoms with van der Waals surface area (Å²) < 4.78 is 64.6. The van der Waals surface area contributed by atoms with E-state index in [9.17, 15) is 4.79 Å². The fourth-order valence-corrected chi connectivity index (χ4v) is 3.08. The van der Waals surface area contributed by atoms with Crippen LogP contribution in [-0.2, 0) is 56.9 Å². The maximum absolute atomic E-state index is 10.8. The van der Waals surface area contributed by atoms with Crippen LogP contribution in [-0.4, -0.2) is 151 Å². The Bertz CT molecular complexity index is 739. The van der Waals surface area contributed by atoms with E-state index in [1.54, 1.807) is 0 Å². The number of para-hydroxylation sites is 1. The molecule has 0 aliphatic rings. The lowest BCUT2D eigenvalue weighted by Crippen LogP contribution is -2.15. The molecule has 1 aromatic rings. The highest BCUT2D eigenvalue weighted by Gasteiger charge is 1.98. The molecule has 13 nitrogen and oxygen atoms in total. The van der Waals surface area contributed by atoms with Crippen LogP contribution in [0.15, 0.2) is 43.0 Å². The third-order valence-electron chi connectivity index (χ3n) is 5.23. The molecule has 44 heavy (non-hydrogen) atoms. The maximum Gasteiger partial charge on any atom is 0.330 e. The van der Waals surface area contributed by atoms with Crippen molar-refractivity contribution in [3.05, 3.63) is 43.0 Å². The Morgan fingerprint density at radius 1 is 0.432 bits per heavy atom. The molecule has 0 bridgehead atoms. The van der Waals surface area contributed by atoms with Crippen LogP contribution in [0.5, 0.6) is 5.75 Å². The molecule has 0 spiro atoms. The van der Waals surface area contributed by atoms with Crippen LogP contribution < -0.4 is 4.74 Å². The molecular weight excluding hydrogens is 580 g/mol. The van der Waals surface area contributed by atoms with Gasteiger partial charge in [0.15, 0.2) is 0 Å². The molecule has 0 saturated heterocycles. The summed E-state index contributed by atoms with van der Waals surface area (Å²) in [7, 11) is 0. The molecule has 0 fully saturated rings. The highest BCUT2D eigenvalue weighted by atomic mass is 16.6. The van der Waals surface area contributed by atoms with E-state index >= 15 is 0 Å². The van der Waals surface area contributed by atoms with Gasteiger partial charge in [-0.3, -0.25) is 0 Å². The largest absolute Gasteiger partial charge is 0.491 e. The van der Waals surface area contributed by atoms with E-state index in [-0.39, 0.29) is 6.61 Å². The van der Waals surface area contributed by atoms with Crippen molar-refractivity contribution in [2.75, 3.05) is 145 Å². The third kappa shape index (κ3) is 29.9. The van der Waals surface area contributed by atoms with Gasteiger partial charge in [0.05, 0.1) is 132 Å². The molecule has 0 aliphatic heterocycles. The van der Waals surface area contributed by atoms with E-state index in [1.807, 2.05) is 30.3 Å². The molecule has 0 aliphatic carbocycles. The van der Waals surface area contributed by atoms with Crippen LogP contribution >= 0.6 is 0 Å². The van der Waals surface area contributed by atoms with Gasteiger partial charge in [0, 0.05) is 6.08 Å². The van der Waals surface area contributed by atoms with E-state index in [0.29, 0.717) is 139 Å². The molecule has 0 amide bonds. The van der Waals surface area contributed by atoms with Gasteiger partial charge in [-0.15, -0.1) is 0 Å². The molecule has 254 valence electrons. The zero-order valence-electron chi connectivity index (χ0n) is 26.0. The lowest BCUT2D eigenvalue weighted by Gasteiger charge is -2.09. The number of hydrogen-bond donors (Lipinski definition) is 0. The fourth-order valence-electron chi connectivity index (χ4n) is 3.08. The first kappa shape index (κ1) is 39.9. The van der Waals surface area contributed by atoms with Gasteiger partial charge in [-0.05, 0) is 12.1 Å². The van der Waals surface area contributed by atoms with Crippen molar-refractivity contribution >= 4 is 5.97 Å². The zero-order chi connectivity index (χ0) is 31.4. The van der Waals surface area contributed by atoms with Crippen LogP contribution in [0.4, 0.5) is 0 Å². The summed E-state index contributed by atoms with van der Waals surface area (Å²) in [5.41, 5.74) is 0. The maximum atomic E-state index is 10.8. The van der Waals surface area contributed by atoms with Crippen LogP contribution in [0.1, 0.15) is 0 Å². The highest BCUT2D eigenvalue weighted by Crippen LogP contribution is 2.07. The first-order chi connectivity index (χ1) is 21.8. The summed E-state index contributed by atoms with van der Waals surface area (Å²) in [6.07, 6.45) is 1.11. The van der Waals surface area contributed by atoms with Crippen molar-refractivity contribution in [3.63, 3.8) is 0 Å². The van der Waals surface area contributed by atoms with E-state index < -0.39 is 5.97 Å². The Morgan fingerprint density at radius 3 is 1.00 bits per heavy atom. The van der Waals surface area contributed by atoms with Crippen molar-refractivity contribution in [1.29, 1.82) is 0 Å². The van der Waals surface area contributed by atoms with E-state index in [0.717, 1.165) is 11.8 Å². The molecule has 13 heteroatoms. The number of benzene rings is 1. The predicted octanol–water partition coefficient (Wildman–Crippen LogP) is 1.96. The number of carbonyl (C=O) groups is 1. The summed E-state index contributed by atoms with van der Waals surface area (Å²) >= 11 is 0. The summed E-state index contributed by atoms with van der Waals surface area (Å²) in [5, 5.41) is 0. The van der Waals surface area contributed by atoms with E-state index in [2.05, 4.69) is 6.58 Å². The number of rotatable bonds is 35. The Kier molecular flexibility index (Phi) is 30.5. The molecule has 1 aromatic carbocycles. The standard InChI is InChI=1S/C31H52O13/c1-2-31(32)44-29-27-42-25-23-40-21-19-38-17-15-36-13-11-34-9-8-33-10-12-35-14-16-37-18-20-39-22-24-41-26-28-43-30-6-4-3-5-7-30/h2-7H,1,8-29H2. The Morgan fingerprint density at radius 2 is 0.705 bits per heavy atom. The normalized spacial score (nSPS) is 11.1. The predicted molar refractivity (Wildman–Crippen MR) is 161 cm³/mol. The molecule has 0 saturated carbocycles. The number of hydrogen-bond acceptors (Lipinski definition) is 13. The van der Waals surface area contributed by atoms with Gasteiger partial charge in [0.1, 0.15) is 19.0 Å². The molecule has 0 radical (unpaired) electrons. The topological polar surface area (TPSA) is 128 Å². The van der Waals surface area contributed by atoms with Gasteiger partial charge >= 0.3 is 5.97 Å². The van der Waals surface area contributed by atoms with Crippen molar-refractivity contribution in [2.24, 2.45) is 0 Å². The van der Waals surface area contributed by atoms with Crippen molar-refractivity contribution in [1.82, 2.24) is 0 Å². The summed E-state index contributed by atoms with van der Waals surface area (Å²) in [6, 6.07) is 9.65. The quantitative estimate of drug-likeness (QED) is 0.0615. The fraction of sp³-hybridized carbons (Fsp3) is 0.710. The summed E-state index contributed by atoms with van der Waals surface area (Å²) in [4.78, 5) is 10.8. The number of esters is 1. The minimum atomic E-state index is -0.459. The van der Waals surface area contributed by atoms with Gasteiger partial charge in [-0.2, -0.15) is 0 Å². The van der Waals surface area contributed by atoms with Crippen LogP contribution in [0.3, 0.4) is 0 Å². The molecular formula is C31H52O13. The second-order valence-electron chi connectivity index (χ2n) is 8.66. The Hall–Kier alpha value is -2.17. The van der Waals surface area contributed by atoms with Gasteiger partial charge in [-0.25, -0.2) is 4.79 Å². The lowest BCUT2D eigenvalue weighted by molar-refractivity contribution is -0.139. The SMILES string of the molecule is C=CC(=O)OCCOCCOCCOCCOCCOCCOCCOCCOCCOCCOCCOc1ccccc1. The smallest absolute Gasteiger partial charge is 0.330 e. The average Bonchev–Trinajstić information content (AvgIpc) is 3.05. The van der Waals surface area contributed by atoms with Crippen molar-refractivity contribution < 1.29 is 61.6 Å². The molecule has 0 aromatic heterocycles. The van der Waals surface area contributed by atoms with Crippen molar-refractivity contribution in [3.8, 4) is 5.75 Å². The van der Waals surface area contributed by atoms with Crippen LogP contribution in [0.2, 0.25) is 0 Å². The second-order valence-corrected chi connectivity index (χ2v) is 8.66. The molecule has 0 atom stereocenters. The average molecular weight is 633 g/mol. The third-order valence-corrected chi connectivity index (χ3v) is 5.23. The molecule has 0 unspecified atom stereocenters. The van der Waals surface area contributed by atoms with Crippen LogP contribution in [0.25, 0.3) is 0 Å². The van der Waals surface area contributed by atoms with Gasteiger partial charge < -0.3 is 56.8 Å². The zero-order valence-corrected chi connectivity index (χ0v) is 26.0. The Labute approximate surface area is 261 Å². The summed E-state index contributed by atoms with van der Waals surface area (Å²) in [6.45, 7) is 13.7. The van der Waals surface area contributed by atoms with Gasteiger partial charge in [0.2, 0.25) is 0 Å². The Balaban J connectivity index is 1.62. The van der Waals surface area contributed by atoms with Crippen molar-refractivity contribution in [2.45, 2.75) is 0 Å². The summed E-state index contributed by atoms with van der Waals surface area (Å²) in [5.74, 6) is 0.381. The first-order valence-electron chi connectivity index (χ1n) is 15.1. The first-order valence-corrected chi connectivity index (χ1v) is 15.1. The molecule has 0 heterocycles. The van der Waals surface area contributed by atoms with Crippen LogP contribution in [0, 0.1) is 0 Å². The van der Waals surface area contributed by atoms with Gasteiger partial charge in [-0.1, -0.05) is 24.8 Å². The number of ether oxygens (including phenoxy) is 12. The molecule has 1 rings (SSSR count). The lowest BCUT2D eigenvalue weighted by atomic mass is 10.3. The van der Waals surface area contributed by atoms with E-state index in [4.69, 9.17) is 56.8 Å². The monoisotopic (exact) mass is 632 g/mol. The number of carbonyl (C=O) groups excluding carboxylic acids is 1. The second kappa shape index (κ2) is 33.7. The van der Waals surface area contributed by atoms with E-state index in [1.165, 1.54) is 0 Å². The minimum absolute atomic E-state index is 0.198. The molecule has 0 N–H and O–H groups in total. The van der Waals surface area contributed by atoms with Gasteiger partial charge in [0.25, 0.3) is 0 Å². The highest BCUT2D eigenvalue weighted by molar-refractivity contribution is 5.81. The minimum Gasteiger partial charge on any atom is -0.491 e.